The van der Waals surface area contributed by atoms with Gasteiger partial charge in [0.2, 0.25) is 5.91 Å². The summed E-state index contributed by atoms with van der Waals surface area (Å²) < 4.78 is 6.94. The number of hydrogen-bond donors (Lipinski definition) is 0. The molecule has 0 spiro atoms. The Balaban J connectivity index is 1.94. The minimum atomic E-state index is -0.531. The van der Waals surface area contributed by atoms with Crippen molar-refractivity contribution < 1.29 is 19.1 Å². The van der Waals surface area contributed by atoms with Gasteiger partial charge < -0.3 is 14.2 Å². The smallest absolute Gasteiger partial charge is 0.355 e. The Morgan fingerprint density at radius 1 is 1.07 bits per heavy atom. The van der Waals surface area contributed by atoms with Gasteiger partial charge in [0.25, 0.3) is 0 Å². The van der Waals surface area contributed by atoms with Crippen LogP contribution in [0.2, 0.25) is 0 Å². The Morgan fingerprint density at radius 2 is 1.70 bits per heavy atom. The third kappa shape index (κ3) is 4.06. The first-order valence-electron chi connectivity index (χ1n) is 11.5. The zero-order valence-corrected chi connectivity index (χ0v) is 19.1. The molecule has 1 unspecified atom stereocenters. The standard InChI is InChI=1S/C24H36N2O4/c1-6-30-24(29)21-15(2)20(16(3)25(21)5)22(27)17(4)26(19-13-8-7-9-14-19)23(28)18-11-10-12-18/h17-19H,6-14H2,1-5H3. The van der Waals surface area contributed by atoms with Gasteiger partial charge in [0.15, 0.2) is 5.78 Å². The fourth-order valence-corrected chi connectivity index (χ4v) is 5.08. The maximum atomic E-state index is 13.7. The van der Waals surface area contributed by atoms with Crippen LogP contribution in [0.15, 0.2) is 0 Å². The van der Waals surface area contributed by atoms with Gasteiger partial charge in [-0.3, -0.25) is 9.59 Å². The van der Waals surface area contributed by atoms with Crippen LogP contribution < -0.4 is 0 Å². The first-order valence-corrected chi connectivity index (χ1v) is 11.5. The largest absolute Gasteiger partial charge is 0.461 e. The van der Waals surface area contributed by atoms with Crippen LogP contribution in [0.1, 0.15) is 97.3 Å². The number of amides is 1. The van der Waals surface area contributed by atoms with E-state index in [0.29, 0.717) is 16.8 Å². The number of Topliss-reactive ketones (excluding diaryl/α,β-unsaturated/α-hetero) is 1. The molecule has 6 heteroatoms. The van der Waals surface area contributed by atoms with E-state index in [1.807, 2.05) is 18.7 Å². The minimum Gasteiger partial charge on any atom is -0.461 e. The molecular weight excluding hydrogens is 380 g/mol. The fourth-order valence-electron chi connectivity index (χ4n) is 5.08. The van der Waals surface area contributed by atoms with Gasteiger partial charge in [0, 0.05) is 30.3 Å². The van der Waals surface area contributed by atoms with Crippen LogP contribution in [-0.2, 0) is 16.6 Å². The van der Waals surface area contributed by atoms with Gasteiger partial charge in [-0.15, -0.1) is 0 Å². The first-order chi connectivity index (χ1) is 14.3. The number of carbonyl (C=O) groups excluding carboxylic acids is 3. The van der Waals surface area contributed by atoms with Crippen LogP contribution in [0.5, 0.6) is 0 Å². The second-order valence-electron chi connectivity index (χ2n) is 8.92. The van der Waals surface area contributed by atoms with E-state index in [-0.39, 0.29) is 30.3 Å². The molecule has 1 aromatic heterocycles. The Bertz CT molecular complexity index is 816. The average Bonchev–Trinajstić information content (AvgIpc) is 2.89. The number of ketones is 1. The van der Waals surface area contributed by atoms with E-state index in [9.17, 15) is 14.4 Å². The van der Waals surface area contributed by atoms with Crippen molar-refractivity contribution in [1.29, 1.82) is 0 Å². The molecule has 1 atom stereocenters. The predicted octanol–water partition coefficient (Wildman–Crippen LogP) is 4.35. The Kier molecular flexibility index (Phi) is 7.04. The minimum absolute atomic E-state index is 0.0650. The van der Waals surface area contributed by atoms with E-state index in [1.165, 1.54) is 6.42 Å². The number of ether oxygens (including phenoxy) is 1. The second-order valence-corrected chi connectivity index (χ2v) is 8.92. The molecule has 0 radical (unpaired) electrons. The van der Waals surface area contributed by atoms with Crippen molar-refractivity contribution in [3.05, 3.63) is 22.5 Å². The van der Waals surface area contributed by atoms with Crippen LogP contribution in [0.4, 0.5) is 0 Å². The SMILES string of the molecule is CCOC(=O)c1c(C)c(C(=O)C(C)N(C(=O)C2CCC2)C2CCCCC2)c(C)n1C. The van der Waals surface area contributed by atoms with E-state index in [0.717, 1.165) is 50.6 Å². The molecule has 1 aromatic rings. The number of esters is 1. The summed E-state index contributed by atoms with van der Waals surface area (Å²) in [6.45, 7) is 7.58. The predicted molar refractivity (Wildman–Crippen MR) is 116 cm³/mol. The third-order valence-electron chi connectivity index (χ3n) is 7.12. The van der Waals surface area contributed by atoms with Crippen LogP contribution in [-0.4, -0.2) is 45.8 Å². The van der Waals surface area contributed by atoms with Crippen molar-refractivity contribution in [2.45, 2.75) is 91.1 Å². The maximum Gasteiger partial charge on any atom is 0.355 e. The molecule has 0 aromatic carbocycles. The molecule has 0 N–H and O–H groups in total. The van der Waals surface area contributed by atoms with E-state index in [1.54, 1.807) is 25.5 Å². The molecule has 30 heavy (non-hydrogen) atoms. The Hall–Kier alpha value is -2.11. The van der Waals surface area contributed by atoms with Gasteiger partial charge in [0.1, 0.15) is 5.69 Å². The molecule has 3 rings (SSSR count). The fraction of sp³-hybridized carbons (Fsp3) is 0.708. The van der Waals surface area contributed by atoms with Crippen LogP contribution in [0.25, 0.3) is 0 Å². The summed E-state index contributed by atoms with van der Waals surface area (Å²) in [5.74, 6) is -0.280. The maximum absolute atomic E-state index is 13.7. The molecule has 6 nitrogen and oxygen atoms in total. The van der Waals surface area contributed by atoms with Crippen molar-refractivity contribution in [3.63, 3.8) is 0 Å². The molecule has 2 aliphatic rings. The van der Waals surface area contributed by atoms with Crippen molar-refractivity contribution in [2.24, 2.45) is 13.0 Å². The summed E-state index contributed by atoms with van der Waals surface area (Å²) in [6, 6.07) is -0.393. The van der Waals surface area contributed by atoms with Gasteiger partial charge >= 0.3 is 5.97 Å². The molecular formula is C24H36N2O4. The van der Waals surface area contributed by atoms with Crippen LogP contribution in [0.3, 0.4) is 0 Å². The van der Waals surface area contributed by atoms with E-state index in [4.69, 9.17) is 4.74 Å². The third-order valence-corrected chi connectivity index (χ3v) is 7.12. The summed E-state index contributed by atoms with van der Waals surface area (Å²) in [5, 5.41) is 0. The number of aromatic nitrogens is 1. The van der Waals surface area contributed by atoms with Gasteiger partial charge in [-0.2, -0.15) is 0 Å². The van der Waals surface area contributed by atoms with Gasteiger partial charge in [-0.05, 0) is 58.9 Å². The molecule has 0 saturated heterocycles. The van der Waals surface area contributed by atoms with Crippen LogP contribution in [0, 0.1) is 19.8 Å². The van der Waals surface area contributed by atoms with Crippen molar-refractivity contribution in [3.8, 4) is 0 Å². The second kappa shape index (κ2) is 9.36. The Labute approximate surface area is 179 Å². The lowest BCUT2D eigenvalue weighted by Crippen LogP contribution is -2.53. The number of carbonyl (C=O) groups is 3. The van der Waals surface area contributed by atoms with Crippen LogP contribution >= 0.6 is 0 Å². The quantitative estimate of drug-likeness (QED) is 0.489. The highest BCUT2D eigenvalue weighted by Crippen LogP contribution is 2.34. The molecule has 2 fully saturated rings. The number of rotatable bonds is 7. The zero-order valence-electron chi connectivity index (χ0n) is 19.1. The molecule has 1 heterocycles. The van der Waals surface area contributed by atoms with E-state index >= 15 is 0 Å². The zero-order chi connectivity index (χ0) is 22.0. The van der Waals surface area contributed by atoms with Gasteiger partial charge in [-0.1, -0.05) is 25.7 Å². The molecule has 166 valence electrons. The lowest BCUT2D eigenvalue weighted by atomic mass is 9.82. The molecule has 2 aliphatic carbocycles. The first kappa shape index (κ1) is 22.6. The Morgan fingerprint density at radius 3 is 2.23 bits per heavy atom. The molecule has 2 saturated carbocycles. The number of hydrogen-bond acceptors (Lipinski definition) is 4. The highest BCUT2D eigenvalue weighted by molar-refractivity contribution is 6.06. The lowest BCUT2D eigenvalue weighted by Gasteiger charge is -2.41. The molecule has 0 bridgehead atoms. The summed E-state index contributed by atoms with van der Waals surface area (Å²) in [6.07, 6.45) is 8.31. The normalized spacial score (nSPS) is 18.6. The van der Waals surface area contributed by atoms with E-state index in [2.05, 4.69) is 0 Å². The summed E-state index contributed by atoms with van der Waals surface area (Å²) in [7, 11) is 1.79. The van der Waals surface area contributed by atoms with E-state index < -0.39 is 12.0 Å². The van der Waals surface area contributed by atoms with Gasteiger partial charge in [0.05, 0.1) is 12.6 Å². The average molecular weight is 417 g/mol. The monoisotopic (exact) mass is 416 g/mol. The lowest BCUT2D eigenvalue weighted by molar-refractivity contribution is -0.142. The van der Waals surface area contributed by atoms with Gasteiger partial charge in [-0.25, -0.2) is 4.79 Å². The number of nitrogens with zero attached hydrogens (tertiary/aromatic N) is 2. The van der Waals surface area contributed by atoms with Crippen molar-refractivity contribution in [1.82, 2.24) is 9.47 Å². The highest BCUT2D eigenvalue weighted by Gasteiger charge is 2.40. The topological polar surface area (TPSA) is 68.6 Å². The molecule has 1 amide bonds. The summed E-state index contributed by atoms with van der Waals surface area (Å²) >= 11 is 0. The molecule has 0 aliphatic heterocycles. The van der Waals surface area contributed by atoms with Crippen molar-refractivity contribution in [2.75, 3.05) is 6.61 Å². The summed E-state index contributed by atoms with van der Waals surface area (Å²) in [4.78, 5) is 41.4. The van der Waals surface area contributed by atoms with Crippen molar-refractivity contribution >= 4 is 17.7 Å². The summed E-state index contributed by atoms with van der Waals surface area (Å²) in [5.41, 5.74) is 2.35. The highest BCUT2D eigenvalue weighted by atomic mass is 16.5.